The smallest absolute Gasteiger partial charge is 0.240 e. The maximum Gasteiger partial charge on any atom is 0.240 e. The fraction of sp³-hybridized carbons (Fsp3) is 0.471. The third-order valence-corrected chi connectivity index (χ3v) is 4.26. The third-order valence-electron chi connectivity index (χ3n) is 4.26. The molecule has 26 heavy (non-hydrogen) atoms. The molecule has 0 aliphatic carbocycles. The number of ether oxygens (including phenoxy) is 1. The van der Waals surface area contributed by atoms with Crippen LogP contribution < -0.4 is 10.5 Å². The van der Waals surface area contributed by atoms with Crippen LogP contribution in [0.5, 0.6) is 5.75 Å². The van der Waals surface area contributed by atoms with Crippen molar-refractivity contribution in [2.24, 2.45) is 5.73 Å². The topological polar surface area (TPSA) is 97.7 Å². The van der Waals surface area contributed by atoms with E-state index in [4.69, 9.17) is 15.0 Å². The zero-order valence-corrected chi connectivity index (χ0v) is 15.6. The van der Waals surface area contributed by atoms with E-state index in [9.17, 15) is 4.79 Å². The molecular weight excluding hydrogens is 358 g/mol. The second-order valence-electron chi connectivity index (χ2n) is 5.99. The Hall–Kier alpha value is -2.16. The lowest BCUT2D eigenvalue weighted by Gasteiger charge is -2.34. The largest absolute Gasteiger partial charge is 0.497 e. The number of carbonyl (C=O) groups is 1. The van der Waals surface area contributed by atoms with Gasteiger partial charge in [-0.2, -0.15) is 4.98 Å². The Morgan fingerprint density at radius 3 is 2.73 bits per heavy atom. The van der Waals surface area contributed by atoms with Crippen LogP contribution in [0.4, 0.5) is 0 Å². The number of amides is 1. The summed E-state index contributed by atoms with van der Waals surface area (Å²) < 4.78 is 10.2. The first kappa shape index (κ1) is 20.2. The minimum atomic E-state index is 0. The minimum Gasteiger partial charge on any atom is -0.497 e. The quantitative estimate of drug-likeness (QED) is 0.791. The highest BCUT2D eigenvalue weighted by atomic mass is 35.5. The van der Waals surface area contributed by atoms with Crippen molar-refractivity contribution in [2.75, 3.05) is 33.3 Å². The van der Waals surface area contributed by atoms with E-state index in [2.05, 4.69) is 15.0 Å². The summed E-state index contributed by atoms with van der Waals surface area (Å²) in [5.41, 5.74) is 6.43. The van der Waals surface area contributed by atoms with Crippen molar-refractivity contribution < 1.29 is 14.1 Å². The SMILES string of the molecule is COc1cccc(CC(=O)N2CCN(Cc3noc(CN)n3)CC2)c1.Cl. The number of halogens is 1. The first-order valence-corrected chi connectivity index (χ1v) is 8.32. The van der Waals surface area contributed by atoms with Gasteiger partial charge < -0.3 is 19.9 Å². The summed E-state index contributed by atoms with van der Waals surface area (Å²) in [7, 11) is 1.63. The van der Waals surface area contributed by atoms with Gasteiger partial charge in [-0.3, -0.25) is 9.69 Å². The molecule has 1 amide bonds. The predicted molar refractivity (Wildman–Crippen MR) is 98.0 cm³/mol. The van der Waals surface area contributed by atoms with Crippen molar-refractivity contribution >= 4 is 18.3 Å². The van der Waals surface area contributed by atoms with Gasteiger partial charge in [0.15, 0.2) is 5.82 Å². The average Bonchev–Trinajstić information content (AvgIpc) is 3.10. The molecule has 8 nitrogen and oxygen atoms in total. The van der Waals surface area contributed by atoms with E-state index < -0.39 is 0 Å². The Morgan fingerprint density at radius 1 is 1.31 bits per heavy atom. The van der Waals surface area contributed by atoms with E-state index in [0.717, 1.165) is 24.4 Å². The second-order valence-corrected chi connectivity index (χ2v) is 5.99. The zero-order chi connectivity index (χ0) is 17.6. The van der Waals surface area contributed by atoms with E-state index in [1.807, 2.05) is 29.2 Å². The van der Waals surface area contributed by atoms with Gasteiger partial charge in [-0.25, -0.2) is 0 Å². The molecule has 1 aliphatic heterocycles. The first-order chi connectivity index (χ1) is 12.2. The molecule has 0 atom stereocenters. The number of nitrogens with two attached hydrogens (primary N) is 1. The molecule has 9 heteroatoms. The Bertz CT molecular complexity index is 716. The molecule has 1 aliphatic rings. The van der Waals surface area contributed by atoms with Crippen molar-refractivity contribution in [3.8, 4) is 5.75 Å². The molecule has 2 aromatic rings. The van der Waals surface area contributed by atoms with Crippen LogP contribution in [0.25, 0.3) is 0 Å². The Morgan fingerprint density at radius 2 is 2.08 bits per heavy atom. The number of rotatable bonds is 6. The summed E-state index contributed by atoms with van der Waals surface area (Å²) in [4.78, 5) is 20.8. The molecule has 142 valence electrons. The molecule has 1 fully saturated rings. The molecule has 1 saturated heterocycles. The highest BCUT2D eigenvalue weighted by Crippen LogP contribution is 2.14. The van der Waals surface area contributed by atoms with Gasteiger partial charge in [0.05, 0.1) is 26.6 Å². The Balaban J connectivity index is 0.00000243. The van der Waals surface area contributed by atoms with E-state index in [1.165, 1.54) is 0 Å². The average molecular weight is 382 g/mol. The monoisotopic (exact) mass is 381 g/mol. The number of methoxy groups -OCH3 is 1. The van der Waals surface area contributed by atoms with E-state index in [0.29, 0.717) is 37.8 Å². The van der Waals surface area contributed by atoms with Crippen LogP contribution in [0, 0.1) is 0 Å². The van der Waals surface area contributed by atoms with Crippen LogP contribution in [0.2, 0.25) is 0 Å². The standard InChI is InChI=1S/C17H23N5O3.ClH/c1-24-14-4-2-3-13(9-14)10-17(23)22-7-5-21(6-8-22)12-15-19-16(11-18)25-20-15;/h2-4,9H,5-8,10-12,18H2,1H3;1H. The zero-order valence-electron chi connectivity index (χ0n) is 14.8. The van der Waals surface area contributed by atoms with Crippen LogP contribution in [0.1, 0.15) is 17.3 Å². The van der Waals surface area contributed by atoms with Crippen molar-refractivity contribution in [1.82, 2.24) is 19.9 Å². The van der Waals surface area contributed by atoms with Crippen molar-refractivity contribution in [1.29, 1.82) is 0 Å². The Kier molecular flexibility index (Phi) is 7.38. The summed E-state index contributed by atoms with van der Waals surface area (Å²) in [6.07, 6.45) is 0.391. The number of piperazine rings is 1. The fourth-order valence-corrected chi connectivity index (χ4v) is 2.86. The lowest BCUT2D eigenvalue weighted by Crippen LogP contribution is -2.48. The summed E-state index contributed by atoms with van der Waals surface area (Å²) in [5.74, 6) is 1.99. The van der Waals surface area contributed by atoms with Crippen molar-refractivity contribution in [2.45, 2.75) is 19.5 Å². The third kappa shape index (κ3) is 5.17. The van der Waals surface area contributed by atoms with E-state index in [-0.39, 0.29) is 24.9 Å². The number of aromatic nitrogens is 2. The molecular formula is C17H24ClN5O3. The second kappa shape index (κ2) is 9.51. The van der Waals surface area contributed by atoms with Crippen LogP contribution in [0.15, 0.2) is 28.8 Å². The van der Waals surface area contributed by atoms with Crippen LogP contribution in [0.3, 0.4) is 0 Å². The van der Waals surface area contributed by atoms with Gasteiger partial charge in [0.1, 0.15) is 5.75 Å². The Labute approximate surface area is 158 Å². The molecule has 0 spiro atoms. The van der Waals surface area contributed by atoms with E-state index >= 15 is 0 Å². The summed E-state index contributed by atoms with van der Waals surface area (Å²) >= 11 is 0. The van der Waals surface area contributed by atoms with Gasteiger partial charge >= 0.3 is 0 Å². The molecule has 0 bridgehead atoms. The van der Waals surface area contributed by atoms with Crippen LogP contribution >= 0.6 is 12.4 Å². The van der Waals surface area contributed by atoms with Crippen LogP contribution in [-0.2, 0) is 24.3 Å². The van der Waals surface area contributed by atoms with Gasteiger partial charge in [-0.15, -0.1) is 12.4 Å². The minimum absolute atomic E-state index is 0. The highest BCUT2D eigenvalue weighted by molar-refractivity contribution is 5.85. The number of carbonyl (C=O) groups excluding carboxylic acids is 1. The molecule has 0 unspecified atom stereocenters. The van der Waals surface area contributed by atoms with Gasteiger partial charge in [0.25, 0.3) is 0 Å². The van der Waals surface area contributed by atoms with Gasteiger partial charge in [0, 0.05) is 26.2 Å². The number of benzene rings is 1. The molecule has 2 N–H and O–H groups in total. The van der Waals surface area contributed by atoms with Gasteiger partial charge in [0.2, 0.25) is 11.8 Å². The lowest BCUT2D eigenvalue weighted by atomic mass is 10.1. The first-order valence-electron chi connectivity index (χ1n) is 8.32. The normalized spacial score (nSPS) is 14.8. The highest BCUT2D eigenvalue weighted by Gasteiger charge is 2.22. The molecule has 3 rings (SSSR count). The molecule has 0 saturated carbocycles. The number of hydrogen-bond donors (Lipinski definition) is 1. The van der Waals surface area contributed by atoms with Gasteiger partial charge in [-0.05, 0) is 17.7 Å². The van der Waals surface area contributed by atoms with E-state index in [1.54, 1.807) is 7.11 Å². The van der Waals surface area contributed by atoms with Gasteiger partial charge in [-0.1, -0.05) is 17.3 Å². The number of nitrogens with zero attached hydrogens (tertiary/aromatic N) is 4. The molecule has 0 radical (unpaired) electrons. The van der Waals surface area contributed by atoms with Crippen LogP contribution in [-0.4, -0.2) is 59.1 Å². The summed E-state index contributed by atoms with van der Waals surface area (Å²) in [6.45, 7) is 3.84. The fourth-order valence-electron chi connectivity index (χ4n) is 2.86. The number of hydrogen-bond acceptors (Lipinski definition) is 7. The molecule has 1 aromatic carbocycles. The van der Waals surface area contributed by atoms with Crippen molar-refractivity contribution in [3.05, 3.63) is 41.5 Å². The van der Waals surface area contributed by atoms with Crippen molar-refractivity contribution in [3.63, 3.8) is 0 Å². The maximum absolute atomic E-state index is 12.5. The summed E-state index contributed by atoms with van der Waals surface area (Å²) in [6, 6.07) is 7.63. The lowest BCUT2D eigenvalue weighted by molar-refractivity contribution is -0.132. The maximum atomic E-state index is 12.5. The summed E-state index contributed by atoms with van der Waals surface area (Å²) in [5, 5.41) is 3.91. The molecule has 2 heterocycles. The predicted octanol–water partition coefficient (Wildman–Crippen LogP) is 0.846. The molecule has 1 aromatic heterocycles.